The minimum atomic E-state index is -0.571. The molecule has 2 saturated heterocycles. The zero-order valence-corrected chi connectivity index (χ0v) is 17.9. The predicted molar refractivity (Wildman–Crippen MR) is 119 cm³/mol. The van der Waals surface area contributed by atoms with Crippen LogP contribution in [0, 0.1) is 25.2 Å². The first kappa shape index (κ1) is 21.5. The van der Waals surface area contributed by atoms with Crippen molar-refractivity contribution >= 4 is 11.8 Å². The molecule has 2 aromatic carbocycles. The van der Waals surface area contributed by atoms with Gasteiger partial charge in [0.15, 0.2) is 0 Å². The van der Waals surface area contributed by atoms with Gasteiger partial charge in [0, 0.05) is 32.2 Å². The van der Waals surface area contributed by atoms with E-state index in [0.717, 1.165) is 25.1 Å². The van der Waals surface area contributed by atoms with Crippen LogP contribution < -0.4 is 5.73 Å². The fourth-order valence-corrected chi connectivity index (χ4v) is 5.01. The number of hydrogen-bond donors (Lipinski definition) is 2. The first-order chi connectivity index (χ1) is 15.0. The molecule has 2 amide bonds. The maximum atomic E-state index is 13.2. The second-order valence-electron chi connectivity index (χ2n) is 8.73. The number of nitrogens with zero attached hydrogens (tertiary/aromatic N) is 2. The van der Waals surface area contributed by atoms with Crippen LogP contribution in [0.15, 0.2) is 48.5 Å². The quantitative estimate of drug-likeness (QED) is 0.718. The van der Waals surface area contributed by atoms with Gasteiger partial charge in [-0.25, -0.2) is 0 Å². The lowest BCUT2D eigenvalue weighted by atomic mass is 10.00. The highest BCUT2D eigenvalue weighted by Gasteiger charge is 2.43. The number of rotatable bonds is 7. The van der Waals surface area contributed by atoms with Crippen molar-refractivity contribution in [1.82, 2.24) is 9.80 Å². The highest BCUT2D eigenvalue weighted by molar-refractivity contribution is 6.07. The first-order valence-electron chi connectivity index (χ1n) is 10.9. The van der Waals surface area contributed by atoms with Crippen LogP contribution in [0.2, 0.25) is 0 Å². The maximum absolute atomic E-state index is 13.2. The largest absolute Gasteiger partial charge is 0.395 e. The molecule has 0 aliphatic carbocycles. The average Bonchev–Trinajstić information content (AvgIpc) is 3.34. The van der Waals surface area contributed by atoms with Crippen molar-refractivity contribution in [3.05, 3.63) is 77.2 Å². The van der Waals surface area contributed by atoms with E-state index < -0.39 is 5.91 Å². The third kappa shape index (κ3) is 4.50. The molecular weight excluding hydrogens is 390 g/mol. The second-order valence-corrected chi connectivity index (χ2v) is 8.73. The first-order valence-corrected chi connectivity index (χ1v) is 10.9. The number of amides is 2. The zero-order valence-electron chi connectivity index (χ0n) is 17.9. The van der Waals surface area contributed by atoms with E-state index in [9.17, 15) is 14.7 Å². The Bertz CT molecular complexity index is 932. The molecule has 2 aromatic rings. The number of likely N-dealkylation sites (tertiary alicyclic amines) is 2. The molecule has 2 aliphatic heterocycles. The van der Waals surface area contributed by atoms with Crippen molar-refractivity contribution in [2.45, 2.75) is 19.4 Å². The Morgan fingerprint density at radius 1 is 1.06 bits per heavy atom. The maximum Gasteiger partial charge on any atom is 0.254 e. The van der Waals surface area contributed by atoms with Gasteiger partial charge >= 0.3 is 0 Å². The Balaban J connectivity index is 1.38. The molecule has 6 heteroatoms. The van der Waals surface area contributed by atoms with Gasteiger partial charge in [0.1, 0.15) is 0 Å². The Morgan fingerprint density at radius 3 is 2.35 bits per heavy atom. The second kappa shape index (κ2) is 9.20. The Morgan fingerprint density at radius 2 is 1.74 bits per heavy atom. The number of carbonyl (C=O) groups excluding carboxylic acids is 2. The van der Waals surface area contributed by atoms with Crippen molar-refractivity contribution in [2.24, 2.45) is 17.6 Å². The van der Waals surface area contributed by atoms with Crippen LogP contribution in [0.1, 0.15) is 38.3 Å². The fourth-order valence-electron chi connectivity index (χ4n) is 5.01. The number of hydrogen-bond acceptors (Lipinski definition) is 4. The molecule has 4 rings (SSSR count). The summed E-state index contributed by atoms with van der Waals surface area (Å²) in [6, 6.07) is 15.5. The molecule has 1 radical (unpaired) electrons. The van der Waals surface area contributed by atoms with E-state index in [1.54, 1.807) is 12.1 Å². The smallest absolute Gasteiger partial charge is 0.254 e. The highest BCUT2D eigenvalue weighted by atomic mass is 16.3. The monoisotopic (exact) mass is 420 g/mol. The average molecular weight is 421 g/mol. The SMILES string of the molecule is Cc1cccc(C(N)=O)c1C(=O)N1CC2CN([C@H](CO)C[CH]c3ccccc3)CC2C1. The molecule has 6 nitrogen and oxygen atoms in total. The van der Waals surface area contributed by atoms with Gasteiger partial charge in [-0.05, 0) is 48.8 Å². The Hall–Kier alpha value is -2.70. The molecule has 2 heterocycles. The van der Waals surface area contributed by atoms with Crippen LogP contribution in [0.4, 0.5) is 0 Å². The molecule has 3 atom stereocenters. The number of nitrogens with two attached hydrogens (primary N) is 1. The summed E-state index contributed by atoms with van der Waals surface area (Å²) >= 11 is 0. The highest BCUT2D eigenvalue weighted by Crippen LogP contribution is 2.34. The molecule has 163 valence electrons. The molecular formula is C25H30N3O3. The Kier molecular flexibility index (Phi) is 6.39. The molecule has 0 bridgehead atoms. The van der Waals surface area contributed by atoms with Gasteiger partial charge in [-0.1, -0.05) is 42.5 Å². The third-order valence-electron chi connectivity index (χ3n) is 6.71. The predicted octanol–water partition coefficient (Wildman–Crippen LogP) is 2.10. The van der Waals surface area contributed by atoms with Crippen molar-refractivity contribution in [2.75, 3.05) is 32.8 Å². The molecule has 2 unspecified atom stereocenters. The number of fused-ring (bicyclic) bond motifs is 1. The molecule has 0 spiro atoms. The van der Waals surface area contributed by atoms with Crippen LogP contribution >= 0.6 is 0 Å². The summed E-state index contributed by atoms with van der Waals surface area (Å²) in [5.41, 5.74) is 8.17. The molecule has 3 N–H and O–H groups in total. The van der Waals surface area contributed by atoms with E-state index in [1.165, 1.54) is 5.56 Å². The van der Waals surface area contributed by atoms with Crippen molar-refractivity contribution in [1.29, 1.82) is 0 Å². The van der Waals surface area contributed by atoms with Gasteiger partial charge in [-0.3, -0.25) is 14.5 Å². The molecule has 31 heavy (non-hydrogen) atoms. The van der Waals surface area contributed by atoms with E-state index in [4.69, 9.17) is 5.73 Å². The van der Waals surface area contributed by atoms with Gasteiger partial charge in [-0.2, -0.15) is 0 Å². The molecule has 0 aromatic heterocycles. The number of aryl methyl sites for hydroxylation is 1. The number of aliphatic hydroxyl groups is 1. The van der Waals surface area contributed by atoms with Gasteiger partial charge in [0.05, 0.1) is 17.7 Å². The number of aliphatic hydroxyl groups excluding tert-OH is 1. The standard InChI is InChI=1S/C25H30N3O3/c1-17-6-5-9-22(24(26)30)23(17)25(31)28-14-19-12-27(13-20(19)15-28)21(16-29)11-10-18-7-3-2-4-8-18/h2-10,19-21,29H,11-16H2,1H3,(H2,26,30)/t19?,20?,21-/m0/s1. The number of benzene rings is 2. The van der Waals surface area contributed by atoms with E-state index in [1.807, 2.05) is 36.1 Å². The summed E-state index contributed by atoms with van der Waals surface area (Å²) < 4.78 is 0. The van der Waals surface area contributed by atoms with Gasteiger partial charge in [0.2, 0.25) is 5.91 Å². The van der Waals surface area contributed by atoms with E-state index in [2.05, 4.69) is 23.5 Å². The Labute approximate surface area is 183 Å². The summed E-state index contributed by atoms with van der Waals surface area (Å²) in [6.45, 7) is 5.06. The van der Waals surface area contributed by atoms with Gasteiger partial charge in [0.25, 0.3) is 5.91 Å². The molecule has 0 saturated carbocycles. The topological polar surface area (TPSA) is 86.9 Å². The summed E-state index contributed by atoms with van der Waals surface area (Å²) in [5.74, 6) is 0.0913. The normalized spacial score (nSPS) is 21.8. The summed E-state index contributed by atoms with van der Waals surface area (Å²) in [6.07, 6.45) is 2.97. The van der Waals surface area contributed by atoms with Gasteiger partial charge in [-0.15, -0.1) is 0 Å². The lowest BCUT2D eigenvalue weighted by Crippen LogP contribution is -2.40. The van der Waals surface area contributed by atoms with Crippen LogP contribution in [0.25, 0.3) is 0 Å². The van der Waals surface area contributed by atoms with E-state index in [-0.39, 0.29) is 18.6 Å². The van der Waals surface area contributed by atoms with E-state index in [0.29, 0.717) is 36.1 Å². The fraction of sp³-hybridized carbons (Fsp3) is 0.400. The van der Waals surface area contributed by atoms with E-state index >= 15 is 0 Å². The zero-order chi connectivity index (χ0) is 22.0. The van der Waals surface area contributed by atoms with Crippen LogP contribution in [0.3, 0.4) is 0 Å². The summed E-state index contributed by atoms with van der Waals surface area (Å²) in [5, 5.41) is 9.96. The summed E-state index contributed by atoms with van der Waals surface area (Å²) in [4.78, 5) is 29.3. The van der Waals surface area contributed by atoms with Crippen LogP contribution in [0.5, 0.6) is 0 Å². The minimum absolute atomic E-state index is 0.0905. The van der Waals surface area contributed by atoms with Crippen LogP contribution in [-0.4, -0.2) is 65.5 Å². The minimum Gasteiger partial charge on any atom is -0.395 e. The van der Waals surface area contributed by atoms with Crippen molar-refractivity contribution in [3.8, 4) is 0 Å². The van der Waals surface area contributed by atoms with Crippen molar-refractivity contribution in [3.63, 3.8) is 0 Å². The molecule has 2 fully saturated rings. The molecule has 2 aliphatic rings. The van der Waals surface area contributed by atoms with Crippen LogP contribution in [-0.2, 0) is 0 Å². The lowest BCUT2D eigenvalue weighted by Gasteiger charge is -2.28. The van der Waals surface area contributed by atoms with Crippen molar-refractivity contribution < 1.29 is 14.7 Å². The third-order valence-corrected chi connectivity index (χ3v) is 6.71. The number of carbonyl (C=O) groups is 2. The lowest BCUT2D eigenvalue weighted by molar-refractivity contribution is 0.0753. The summed E-state index contributed by atoms with van der Waals surface area (Å²) in [7, 11) is 0. The van der Waals surface area contributed by atoms with Gasteiger partial charge < -0.3 is 15.7 Å². The number of primary amides is 1.